The number of benzene rings is 1. The van der Waals surface area contributed by atoms with Crippen LogP contribution in [0.4, 0.5) is 5.13 Å². The van der Waals surface area contributed by atoms with Crippen molar-refractivity contribution >= 4 is 39.5 Å². The summed E-state index contributed by atoms with van der Waals surface area (Å²) in [5.41, 5.74) is 1.18. The zero-order valence-corrected chi connectivity index (χ0v) is 19.3. The Morgan fingerprint density at radius 3 is 2.47 bits per heavy atom. The van der Waals surface area contributed by atoms with Crippen LogP contribution >= 0.6 is 22.7 Å². The van der Waals surface area contributed by atoms with Gasteiger partial charge in [-0.15, -0.1) is 21.5 Å². The minimum absolute atomic E-state index is 0.00522. The molecule has 1 aliphatic rings. The molecule has 0 aliphatic carbocycles. The van der Waals surface area contributed by atoms with Crippen LogP contribution in [0.1, 0.15) is 37.0 Å². The van der Waals surface area contributed by atoms with Crippen LogP contribution in [0.15, 0.2) is 48.3 Å². The highest BCUT2D eigenvalue weighted by atomic mass is 32.1. The summed E-state index contributed by atoms with van der Waals surface area (Å²) in [7, 11) is 0. The number of rotatable bonds is 7. The lowest BCUT2D eigenvalue weighted by Gasteiger charge is -2.24. The van der Waals surface area contributed by atoms with E-state index in [2.05, 4.69) is 21.8 Å². The van der Waals surface area contributed by atoms with Crippen LogP contribution in [0, 0.1) is 20.8 Å². The first-order chi connectivity index (χ1) is 15.3. The molecule has 1 aromatic carbocycles. The van der Waals surface area contributed by atoms with E-state index < -0.39 is 23.5 Å². The first-order valence-corrected chi connectivity index (χ1v) is 11.3. The van der Waals surface area contributed by atoms with Gasteiger partial charge >= 0.3 is 0 Å². The number of anilines is 1. The molecule has 1 aliphatic heterocycles. The Labute approximate surface area is 192 Å². The van der Waals surface area contributed by atoms with Crippen molar-refractivity contribution in [3.63, 3.8) is 0 Å². The monoisotopic (exact) mass is 468 g/mol. The predicted octanol–water partition coefficient (Wildman–Crippen LogP) is 4.27. The highest BCUT2D eigenvalue weighted by molar-refractivity contribution is 7.15. The van der Waals surface area contributed by atoms with E-state index in [1.165, 1.54) is 27.6 Å². The molecule has 3 heterocycles. The van der Waals surface area contributed by atoms with Crippen LogP contribution < -0.4 is 9.64 Å². The molecule has 0 saturated carbocycles. The van der Waals surface area contributed by atoms with Crippen LogP contribution in [0.2, 0.25) is 0 Å². The number of ketones is 1. The Morgan fingerprint density at radius 2 is 1.91 bits per heavy atom. The molecule has 8 nitrogen and oxygen atoms in total. The first-order valence-electron chi connectivity index (χ1n) is 9.71. The number of ether oxygens (including phenoxy) is 1. The Bertz CT molecular complexity index is 1240. The number of aliphatic hydroxyl groups excluding tert-OH is 1. The van der Waals surface area contributed by atoms with Gasteiger partial charge in [-0.1, -0.05) is 36.1 Å². The summed E-state index contributed by atoms with van der Waals surface area (Å²) >= 11 is 2.44. The van der Waals surface area contributed by atoms with Gasteiger partial charge in [0.15, 0.2) is 5.76 Å². The Balaban J connectivity index is 1.82. The zero-order valence-electron chi connectivity index (χ0n) is 17.7. The van der Waals surface area contributed by atoms with E-state index >= 15 is 0 Å². The van der Waals surface area contributed by atoms with E-state index in [9.17, 15) is 14.7 Å². The maximum atomic E-state index is 13.5. The van der Waals surface area contributed by atoms with Crippen molar-refractivity contribution in [1.82, 2.24) is 15.2 Å². The number of carbonyl (C=O) groups excluding carboxylic acids is 2. The number of aliphatic hydroxyl groups is 1. The quantitative estimate of drug-likeness (QED) is 0.408. The van der Waals surface area contributed by atoms with E-state index in [4.69, 9.17) is 4.74 Å². The third kappa shape index (κ3) is 3.82. The van der Waals surface area contributed by atoms with Gasteiger partial charge in [-0.2, -0.15) is 0 Å². The molecule has 32 heavy (non-hydrogen) atoms. The molecular formula is C22H20N4O4S2. The lowest BCUT2D eigenvalue weighted by molar-refractivity contribution is -0.117. The van der Waals surface area contributed by atoms with E-state index in [0.717, 1.165) is 5.01 Å². The second-order valence-electron chi connectivity index (χ2n) is 7.09. The fourth-order valence-corrected chi connectivity index (χ4v) is 5.09. The molecule has 3 aromatic rings. The SMILES string of the molecule is C=CCOc1ccc(C2C(C(=O)c3sc(C)nc3C)=C(O)C(=O)N2c2nnc(C)s2)cc1. The van der Waals surface area contributed by atoms with Gasteiger partial charge in [0.25, 0.3) is 5.91 Å². The number of hydrogen-bond acceptors (Lipinski definition) is 9. The largest absolute Gasteiger partial charge is 0.503 e. The minimum atomic E-state index is -0.863. The lowest BCUT2D eigenvalue weighted by Crippen LogP contribution is -2.31. The fraction of sp³-hybridized carbons (Fsp3) is 0.227. The second kappa shape index (κ2) is 8.64. The molecule has 0 bridgehead atoms. The summed E-state index contributed by atoms with van der Waals surface area (Å²) in [6, 6.07) is 6.14. The minimum Gasteiger partial charge on any atom is -0.503 e. The zero-order chi connectivity index (χ0) is 23.0. The van der Waals surface area contributed by atoms with E-state index in [1.54, 1.807) is 51.1 Å². The van der Waals surface area contributed by atoms with Crippen LogP contribution in [0.5, 0.6) is 5.75 Å². The number of carbonyl (C=O) groups is 2. The average molecular weight is 469 g/mol. The van der Waals surface area contributed by atoms with E-state index in [1.807, 2.05) is 0 Å². The van der Waals surface area contributed by atoms with E-state index in [0.29, 0.717) is 38.6 Å². The molecule has 10 heteroatoms. The van der Waals surface area contributed by atoms with Gasteiger partial charge in [-0.25, -0.2) is 4.98 Å². The van der Waals surface area contributed by atoms with Crippen molar-refractivity contribution in [2.45, 2.75) is 26.8 Å². The van der Waals surface area contributed by atoms with E-state index in [-0.39, 0.29) is 5.57 Å². The van der Waals surface area contributed by atoms with Crippen molar-refractivity contribution in [3.05, 3.63) is 74.4 Å². The van der Waals surface area contributed by atoms with Gasteiger partial charge in [0, 0.05) is 0 Å². The molecule has 0 fully saturated rings. The third-order valence-electron chi connectivity index (χ3n) is 4.85. The number of aryl methyl sites for hydroxylation is 3. The number of aromatic nitrogens is 3. The Kier molecular flexibility index (Phi) is 5.90. The number of nitrogens with zero attached hydrogens (tertiary/aromatic N) is 4. The fourth-order valence-electron chi connectivity index (χ4n) is 3.50. The average Bonchev–Trinajstić information content (AvgIpc) is 3.42. The van der Waals surface area contributed by atoms with Gasteiger partial charge in [0.05, 0.1) is 27.2 Å². The van der Waals surface area contributed by atoms with Crippen LogP contribution in [0.3, 0.4) is 0 Å². The summed E-state index contributed by atoms with van der Waals surface area (Å²) in [6.07, 6.45) is 1.64. The maximum absolute atomic E-state index is 13.5. The molecule has 0 spiro atoms. The number of amides is 1. The highest BCUT2D eigenvalue weighted by Gasteiger charge is 2.46. The first kappa shape index (κ1) is 21.8. The Morgan fingerprint density at radius 1 is 1.19 bits per heavy atom. The van der Waals surface area contributed by atoms with Crippen molar-refractivity contribution in [2.24, 2.45) is 0 Å². The molecule has 0 saturated heterocycles. The van der Waals surface area contributed by atoms with Crippen LogP contribution in [0.25, 0.3) is 0 Å². The summed E-state index contributed by atoms with van der Waals surface area (Å²) in [4.78, 5) is 32.6. The summed E-state index contributed by atoms with van der Waals surface area (Å²) in [5.74, 6) is -1.10. The maximum Gasteiger partial charge on any atom is 0.296 e. The summed E-state index contributed by atoms with van der Waals surface area (Å²) in [5, 5.41) is 20.6. The van der Waals surface area contributed by atoms with Crippen molar-refractivity contribution in [2.75, 3.05) is 11.5 Å². The molecule has 2 aromatic heterocycles. The number of thiazole rings is 1. The summed E-state index contributed by atoms with van der Waals surface area (Å²) < 4.78 is 5.54. The van der Waals surface area contributed by atoms with Gasteiger partial charge in [-0.3, -0.25) is 14.5 Å². The van der Waals surface area contributed by atoms with Gasteiger partial charge in [0.1, 0.15) is 17.4 Å². The van der Waals surface area contributed by atoms with Crippen LogP contribution in [-0.2, 0) is 4.79 Å². The standard InChI is InChI=1S/C22H20N4O4S2/c1-5-10-30-15-8-6-14(7-9-15)17-16(18(27)20-11(2)23-12(3)31-20)19(28)21(29)26(17)22-25-24-13(4)32-22/h5-9,17,28H,1,10H2,2-4H3. The van der Waals surface area contributed by atoms with Crippen molar-refractivity contribution in [1.29, 1.82) is 0 Å². The molecule has 0 radical (unpaired) electrons. The molecule has 1 unspecified atom stereocenters. The highest BCUT2D eigenvalue weighted by Crippen LogP contribution is 2.43. The molecule has 1 amide bonds. The van der Waals surface area contributed by atoms with Gasteiger partial charge in [-0.05, 0) is 38.5 Å². The van der Waals surface area contributed by atoms with Gasteiger partial charge in [0.2, 0.25) is 10.9 Å². The lowest BCUT2D eigenvalue weighted by atomic mass is 9.95. The van der Waals surface area contributed by atoms with Crippen LogP contribution in [-0.4, -0.2) is 38.6 Å². The number of hydrogen-bond donors (Lipinski definition) is 1. The topological polar surface area (TPSA) is 106 Å². The Hall–Kier alpha value is -3.37. The van der Waals surface area contributed by atoms with Crippen molar-refractivity contribution < 1.29 is 19.4 Å². The molecular weight excluding hydrogens is 448 g/mol. The third-order valence-corrected chi connectivity index (χ3v) is 6.76. The number of Topliss-reactive ketones (excluding diaryl/α,β-unsaturated/α-hetero) is 1. The normalized spacial score (nSPS) is 16.0. The second-order valence-corrected chi connectivity index (χ2v) is 9.45. The molecule has 164 valence electrons. The summed E-state index contributed by atoms with van der Waals surface area (Å²) in [6.45, 7) is 9.29. The molecule has 4 rings (SSSR count). The van der Waals surface area contributed by atoms with Crippen molar-refractivity contribution in [3.8, 4) is 5.75 Å². The predicted molar refractivity (Wildman–Crippen MR) is 123 cm³/mol. The van der Waals surface area contributed by atoms with Gasteiger partial charge < -0.3 is 9.84 Å². The smallest absolute Gasteiger partial charge is 0.296 e. The molecule has 1 N–H and O–H groups in total. The molecule has 1 atom stereocenters.